The lowest BCUT2D eigenvalue weighted by atomic mass is 9.89. The number of benzene rings is 1. The number of fused-ring (bicyclic) bond motifs is 1. The largest absolute Gasteiger partial charge is 0.354 e. The molecule has 1 fully saturated rings. The molecule has 6 heteroatoms. The predicted molar refractivity (Wildman–Crippen MR) is 129 cm³/mol. The van der Waals surface area contributed by atoms with Crippen LogP contribution in [0.15, 0.2) is 60.7 Å². The smallest absolute Gasteiger partial charge is 0.242 e. The van der Waals surface area contributed by atoms with Gasteiger partial charge in [-0.3, -0.25) is 9.59 Å². The normalized spacial score (nSPS) is 17.4. The van der Waals surface area contributed by atoms with E-state index in [0.29, 0.717) is 32.4 Å². The molecule has 1 aliphatic rings. The van der Waals surface area contributed by atoms with E-state index in [-0.39, 0.29) is 23.8 Å². The fourth-order valence-electron chi connectivity index (χ4n) is 4.34. The summed E-state index contributed by atoms with van der Waals surface area (Å²) in [7, 11) is 0. The van der Waals surface area contributed by atoms with Gasteiger partial charge >= 0.3 is 0 Å². The number of allylic oxidation sites excluding steroid dienone is 4. The number of aryl methyl sites for hydroxylation is 1. The zero-order chi connectivity index (χ0) is 23.1. The molecule has 0 aliphatic carbocycles. The second-order valence-corrected chi connectivity index (χ2v) is 8.39. The highest BCUT2D eigenvalue weighted by Gasteiger charge is 2.33. The third kappa shape index (κ3) is 5.55. The van der Waals surface area contributed by atoms with Crippen LogP contribution in [0.4, 0.5) is 0 Å². The van der Waals surface area contributed by atoms with E-state index in [9.17, 15) is 9.59 Å². The summed E-state index contributed by atoms with van der Waals surface area (Å²) in [6.45, 7) is 13.1. The summed E-state index contributed by atoms with van der Waals surface area (Å²) >= 11 is 0. The zero-order valence-electron chi connectivity index (χ0n) is 19.2. The molecule has 3 rings (SSSR count). The molecule has 0 saturated carbocycles. The topological polar surface area (TPSA) is 78.1 Å². The van der Waals surface area contributed by atoms with Gasteiger partial charge in [0.15, 0.2) is 0 Å². The zero-order valence-corrected chi connectivity index (χ0v) is 19.2. The highest BCUT2D eigenvalue weighted by Crippen LogP contribution is 2.23. The van der Waals surface area contributed by atoms with Crippen molar-refractivity contribution in [3.05, 3.63) is 66.5 Å². The Kier molecular flexibility index (Phi) is 8.03. The van der Waals surface area contributed by atoms with Crippen molar-refractivity contribution in [2.24, 2.45) is 5.92 Å². The molecule has 0 bridgehead atoms. The Bertz CT molecular complexity index is 985. The van der Waals surface area contributed by atoms with Crippen LogP contribution in [0, 0.1) is 5.92 Å². The maximum Gasteiger partial charge on any atom is 0.242 e. The highest BCUT2D eigenvalue weighted by molar-refractivity contribution is 5.88. The number of hydrogen-bond donors (Lipinski definition) is 2. The van der Waals surface area contributed by atoms with E-state index in [1.165, 1.54) is 5.57 Å². The molecule has 2 aromatic rings. The number of rotatable bonds is 10. The number of carbonyl (C=O) groups is 2. The summed E-state index contributed by atoms with van der Waals surface area (Å²) in [6, 6.07) is 7.44. The van der Waals surface area contributed by atoms with E-state index in [1.54, 1.807) is 11.0 Å². The average molecular weight is 435 g/mol. The molecule has 6 nitrogen and oxygen atoms in total. The maximum atomic E-state index is 12.9. The van der Waals surface area contributed by atoms with Crippen LogP contribution >= 0.6 is 0 Å². The van der Waals surface area contributed by atoms with Gasteiger partial charge < -0.3 is 15.2 Å². The average Bonchev–Trinajstić information content (AvgIpc) is 3.46. The summed E-state index contributed by atoms with van der Waals surface area (Å²) in [5, 5.41) is 3.04. The molecule has 2 N–H and O–H groups in total. The van der Waals surface area contributed by atoms with Crippen molar-refractivity contribution in [2.75, 3.05) is 13.1 Å². The number of likely N-dealkylation sites (tertiary alicyclic amines) is 1. The molecule has 1 unspecified atom stereocenters. The number of carbonyl (C=O) groups excluding carboxylic acids is 2. The Morgan fingerprint density at radius 1 is 1.38 bits per heavy atom. The molecule has 0 spiro atoms. The van der Waals surface area contributed by atoms with E-state index in [4.69, 9.17) is 0 Å². The van der Waals surface area contributed by atoms with Gasteiger partial charge in [-0.2, -0.15) is 0 Å². The van der Waals surface area contributed by atoms with E-state index >= 15 is 0 Å². The first-order chi connectivity index (χ1) is 15.4. The van der Waals surface area contributed by atoms with Crippen LogP contribution in [0.5, 0.6) is 0 Å². The Morgan fingerprint density at radius 3 is 2.88 bits per heavy atom. The second-order valence-electron chi connectivity index (χ2n) is 8.39. The first-order valence-corrected chi connectivity index (χ1v) is 11.4. The molecule has 2 atom stereocenters. The van der Waals surface area contributed by atoms with Crippen molar-refractivity contribution in [3.63, 3.8) is 0 Å². The summed E-state index contributed by atoms with van der Waals surface area (Å²) in [6.07, 6.45) is 7.04. The summed E-state index contributed by atoms with van der Waals surface area (Å²) < 4.78 is 0. The number of aromatic amines is 1. The van der Waals surface area contributed by atoms with Gasteiger partial charge in [0.2, 0.25) is 11.8 Å². The minimum Gasteiger partial charge on any atom is -0.354 e. The van der Waals surface area contributed by atoms with Gasteiger partial charge in [0, 0.05) is 31.8 Å². The SMILES string of the molecule is C=CC(=C)C(CCNC(=O)[C@@H]1CCCN1C(=O)CCc1nc2ccccc2[nH]1)/C(C)=C/C. The second kappa shape index (κ2) is 10.9. The van der Waals surface area contributed by atoms with Crippen molar-refractivity contribution in [1.82, 2.24) is 20.2 Å². The van der Waals surface area contributed by atoms with Gasteiger partial charge in [0.05, 0.1) is 11.0 Å². The monoisotopic (exact) mass is 434 g/mol. The van der Waals surface area contributed by atoms with Gasteiger partial charge in [0.1, 0.15) is 11.9 Å². The molecule has 32 heavy (non-hydrogen) atoms. The number of aromatic nitrogens is 2. The lowest BCUT2D eigenvalue weighted by Gasteiger charge is -2.25. The molecular weight excluding hydrogens is 400 g/mol. The number of nitrogens with zero attached hydrogens (tertiary/aromatic N) is 2. The first-order valence-electron chi connectivity index (χ1n) is 11.4. The molecular formula is C26H34N4O2. The van der Waals surface area contributed by atoms with Crippen molar-refractivity contribution in [3.8, 4) is 0 Å². The van der Waals surface area contributed by atoms with E-state index in [1.807, 2.05) is 31.2 Å². The Hall–Kier alpha value is -3.15. The standard InChI is InChI=1S/C26H34N4O2/c1-5-18(3)20(19(4)6-2)15-16-27-26(32)23-12-9-17-30(23)25(31)14-13-24-28-21-10-7-8-11-22(21)29-24/h5-8,10-11,20,23H,1,3,9,12-17H2,2,4H3,(H,27,32)(H,28,29)/b19-6+/t20?,23-/m0/s1. The van der Waals surface area contributed by atoms with Crippen molar-refractivity contribution >= 4 is 22.8 Å². The first kappa shape index (κ1) is 23.5. The van der Waals surface area contributed by atoms with E-state index in [2.05, 4.69) is 41.4 Å². The molecule has 1 aliphatic heterocycles. The Balaban J connectivity index is 1.52. The fraction of sp³-hybridized carbons (Fsp3) is 0.423. The Labute approximate surface area is 190 Å². The van der Waals surface area contributed by atoms with Gasteiger partial charge in [-0.15, -0.1) is 0 Å². The van der Waals surface area contributed by atoms with Crippen LogP contribution in [0.3, 0.4) is 0 Å². The molecule has 0 radical (unpaired) electrons. The third-order valence-electron chi connectivity index (χ3n) is 6.34. The summed E-state index contributed by atoms with van der Waals surface area (Å²) in [5.74, 6) is 0.905. The molecule has 1 aromatic heterocycles. The number of imidazole rings is 1. The summed E-state index contributed by atoms with van der Waals surface area (Å²) in [5.41, 5.74) is 4.04. The van der Waals surface area contributed by atoms with Crippen molar-refractivity contribution in [1.29, 1.82) is 0 Å². The van der Waals surface area contributed by atoms with Crippen LogP contribution in [0.1, 0.15) is 45.4 Å². The van der Waals surface area contributed by atoms with Gasteiger partial charge in [-0.05, 0) is 50.8 Å². The Morgan fingerprint density at radius 2 is 2.16 bits per heavy atom. The lowest BCUT2D eigenvalue weighted by Crippen LogP contribution is -2.46. The van der Waals surface area contributed by atoms with Crippen LogP contribution < -0.4 is 5.32 Å². The minimum atomic E-state index is -0.387. The van der Waals surface area contributed by atoms with Crippen LogP contribution in [-0.2, 0) is 16.0 Å². The highest BCUT2D eigenvalue weighted by atomic mass is 16.2. The van der Waals surface area contributed by atoms with Crippen molar-refractivity contribution < 1.29 is 9.59 Å². The van der Waals surface area contributed by atoms with Gasteiger partial charge in [-0.1, -0.05) is 43.0 Å². The minimum absolute atomic E-state index is 0.00535. The molecule has 2 amide bonds. The maximum absolute atomic E-state index is 12.9. The third-order valence-corrected chi connectivity index (χ3v) is 6.34. The number of nitrogens with one attached hydrogen (secondary N) is 2. The van der Waals surface area contributed by atoms with Crippen molar-refractivity contribution in [2.45, 2.75) is 52.0 Å². The molecule has 2 heterocycles. The van der Waals surface area contributed by atoms with E-state index in [0.717, 1.165) is 35.3 Å². The van der Waals surface area contributed by atoms with E-state index < -0.39 is 0 Å². The number of para-hydroxylation sites is 2. The van der Waals surface area contributed by atoms with Gasteiger partial charge in [0.25, 0.3) is 0 Å². The quantitative estimate of drug-likeness (QED) is 0.432. The van der Waals surface area contributed by atoms with Crippen LogP contribution in [0.2, 0.25) is 0 Å². The summed E-state index contributed by atoms with van der Waals surface area (Å²) in [4.78, 5) is 35.2. The number of amides is 2. The van der Waals surface area contributed by atoms with Crippen LogP contribution in [0.25, 0.3) is 11.0 Å². The number of hydrogen-bond acceptors (Lipinski definition) is 3. The lowest BCUT2D eigenvalue weighted by molar-refractivity contribution is -0.138. The number of H-pyrrole nitrogens is 1. The molecule has 1 saturated heterocycles. The van der Waals surface area contributed by atoms with Crippen LogP contribution in [-0.4, -0.2) is 45.8 Å². The van der Waals surface area contributed by atoms with Gasteiger partial charge in [-0.25, -0.2) is 4.98 Å². The predicted octanol–water partition coefficient (Wildman–Crippen LogP) is 4.32. The fourth-order valence-corrected chi connectivity index (χ4v) is 4.34. The molecule has 1 aromatic carbocycles. The molecule has 170 valence electrons.